The number of hydrogen-bond acceptors (Lipinski definition) is 7. The third-order valence-corrected chi connectivity index (χ3v) is 10.5. The maximum atomic E-state index is 13.9. The monoisotopic (exact) mass is 641 g/mol. The molecule has 0 unspecified atom stereocenters. The van der Waals surface area contributed by atoms with Gasteiger partial charge in [-0.05, 0) is 86.2 Å². The fourth-order valence-electron chi connectivity index (χ4n) is 7.71. The standard InChI is InChI=1S/C33H52BN5O6.CH4/c1-7-22-10-12-23(13-11-22)14-15-26(40)18-24(9-8-16-36-31(35)38-39(42)43)30(41)37-29(17-21(2)3)34-44-28-20-25-19-27(32(25,4)5)33(28,6)45-34;/h10-13,21,24-25,27-29H,7-9,14-20H2,1-6H3,(H,37,41)(H3,35,36,38);1H4/t24-,25+,27+,28-,29+,33+;/m1./s1. The van der Waals surface area contributed by atoms with Crippen LogP contribution in [-0.4, -0.2) is 54.0 Å². The highest BCUT2D eigenvalue weighted by Crippen LogP contribution is 2.65. The SMILES string of the molecule is C.CCc1ccc(CCC(=O)C[C@@H](CCCN=C(N)N[N+](=O)[O-])C(=O)N[C@@H](CC(C)C)B2O[C@@H]3C[C@@H]4C[C@@H](C4(C)C)[C@]3(C)O2)cc1. The molecule has 4 fully saturated rings. The molecule has 1 saturated heterocycles. The van der Waals surface area contributed by atoms with Crippen molar-refractivity contribution in [2.24, 2.45) is 39.8 Å². The van der Waals surface area contributed by atoms with Gasteiger partial charge in [-0.3, -0.25) is 9.59 Å². The molecule has 3 saturated carbocycles. The topological polar surface area (TPSA) is 158 Å². The number of hydrogen-bond donors (Lipinski definition) is 3. The van der Waals surface area contributed by atoms with E-state index in [4.69, 9.17) is 15.0 Å². The van der Waals surface area contributed by atoms with Crippen LogP contribution in [-0.2, 0) is 31.7 Å². The third kappa shape index (κ3) is 8.88. The van der Waals surface area contributed by atoms with Gasteiger partial charge in [0.2, 0.25) is 5.91 Å². The van der Waals surface area contributed by atoms with Gasteiger partial charge in [-0.25, -0.2) is 15.1 Å². The van der Waals surface area contributed by atoms with Crippen LogP contribution in [0.1, 0.15) is 105 Å². The van der Waals surface area contributed by atoms with Gasteiger partial charge in [-0.1, -0.05) is 71.7 Å². The fraction of sp³-hybridized carbons (Fsp3) is 0.735. The fourth-order valence-corrected chi connectivity index (χ4v) is 7.71. The predicted molar refractivity (Wildman–Crippen MR) is 181 cm³/mol. The van der Waals surface area contributed by atoms with E-state index in [-0.39, 0.29) is 67.0 Å². The summed E-state index contributed by atoms with van der Waals surface area (Å²) in [5.41, 5.74) is 9.54. The number of aliphatic imine (C=N–C) groups is 1. The molecule has 1 aromatic rings. The summed E-state index contributed by atoms with van der Waals surface area (Å²) < 4.78 is 13.3. The highest BCUT2D eigenvalue weighted by Gasteiger charge is 2.68. The van der Waals surface area contributed by atoms with E-state index in [1.54, 1.807) is 0 Å². The van der Waals surface area contributed by atoms with Crippen LogP contribution in [0.4, 0.5) is 0 Å². The lowest BCUT2D eigenvalue weighted by Crippen LogP contribution is -2.65. The Labute approximate surface area is 275 Å². The Morgan fingerprint density at radius 3 is 2.46 bits per heavy atom. The molecule has 2 bridgehead atoms. The van der Waals surface area contributed by atoms with E-state index in [0.29, 0.717) is 43.9 Å². The van der Waals surface area contributed by atoms with Gasteiger partial charge in [0.15, 0.2) is 5.03 Å². The maximum absolute atomic E-state index is 13.9. The normalized spacial score (nSPS) is 25.9. The lowest BCUT2D eigenvalue weighted by molar-refractivity contribution is -0.525. The van der Waals surface area contributed by atoms with Crippen molar-refractivity contribution in [1.29, 1.82) is 0 Å². The van der Waals surface area contributed by atoms with Gasteiger partial charge in [-0.15, -0.1) is 0 Å². The van der Waals surface area contributed by atoms with E-state index in [1.807, 2.05) is 5.43 Å². The molecule has 0 spiro atoms. The van der Waals surface area contributed by atoms with Crippen LogP contribution in [0.25, 0.3) is 0 Å². The Kier molecular flexibility index (Phi) is 12.8. The molecule has 0 aromatic heterocycles. The van der Waals surface area contributed by atoms with Crippen LogP contribution in [0.5, 0.6) is 0 Å². The summed E-state index contributed by atoms with van der Waals surface area (Å²) in [6.07, 6.45) is 5.64. The molecule has 12 heteroatoms. The van der Waals surface area contributed by atoms with Crippen LogP contribution in [0.2, 0.25) is 0 Å². The van der Waals surface area contributed by atoms with Crippen LogP contribution in [0.15, 0.2) is 29.3 Å². The van der Waals surface area contributed by atoms with E-state index in [1.165, 1.54) is 5.56 Å². The summed E-state index contributed by atoms with van der Waals surface area (Å²) in [4.78, 5) is 41.7. The molecule has 4 N–H and O–H groups in total. The summed E-state index contributed by atoms with van der Waals surface area (Å²) in [6, 6.07) is 8.27. The average molecular weight is 642 g/mol. The van der Waals surface area contributed by atoms with Crippen molar-refractivity contribution in [2.75, 3.05) is 6.54 Å². The number of guanidine groups is 1. The number of nitro groups is 1. The molecule has 46 heavy (non-hydrogen) atoms. The van der Waals surface area contributed by atoms with E-state index < -0.39 is 18.1 Å². The smallest absolute Gasteiger partial charge is 0.404 e. The van der Waals surface area contributed by atoms with Crippen molar-refractivity contribution < 1.29 is 23.9 Å². The molecule has 1 aliphatic heterocycles. The second-order valence-electron chi connectivity index (χ2n) is 14.5. The van der Waals surface area contributed by atoms with Crippen LogP contribution in [0.3, 0.4) is 0 Å². The second-order valence-corrected chi connectivity index (χ2v) is 14.5. The highest BCUT2D eigenvalue weighted by atomic mass is 16.7. The Bertz CT molecular complexity index is 1240. The van der Waals surface area contributed by atoms with Crippen molar-refractivity contribution >= 4 is 24.8 Å². The van der Waals surface area contributed by atoms with E-state index in [9.17, 15) is 19.7 Å². The molecule has 0 radical (unpaired) electrons. The number of nitrogens with one attached hydrogen (secondary N) is 2. The Morgan fingerprint density at radius 2 is 1.85 bits per heavy atom. The number of rotatable bonds is 16. The number of Topliss-reactive ketones (excluding diaryl/α,β-unsaturated/α-hetero) is 1. The molecule has 1 heterocycles. The third-order valence-electron chi connectivity index (χ3n) is 10.5. The molecular formula is C34H56BN5O6. The van der Waals surface area contributed by atoms with E-state index >= 15 is 0 Å². The van der Waals surface area contributed by atoms with E-state index in [0.717, 1.165) is 24.8 Å². The van der Waals surface area contributed by atoms with Crippen LogP contribution < -0.4 is 16.5 Å². The lowest BCUT2D eigenvalue weighted by Gasteiger charge is -2.64. The molecule has 1 amide bonds. The molecular weight excluding hydrogens is 585 g/mol. The minimum atomic E-state index is -0.771. The molecule has 1 aromatic carbocycles. The number of benzene rings is 1. The molecule has 4 aliphatic rings. The number of amides is 1. The zero-order valence-corrected chi connectivity index (χ0v) is 27.8. The van der Waals surface area contributed by atoms with Crippen LogP contribution in [0, 0.1) is 39.2 Å². The van der Waals surface area contributed by atoms with Gasteiger partial charge in [0.1, 0.15) is 5.78 Å². The highest BCUT2D eigenvalue weighted by molar-refractivity contribution is 6.47. The zero-order chi connectivity index (χ0) is 32.9. The molecule has 6 atom stereocenters. The maximum Gasteiger partial charge on any atom is 0.481 e. The summed E-state index contributed by atoms with van der Waals surface area (Å²) in [5.74, 6) is -0.105. The van der Waals surface area contributed by atoms with Gasteiger partial charge in [0.05, 0.1) is 17.6 Å². The minimum absolute atomic E-state index is 0. The first-order chi connectivity index (χ1) is 21.2. The summed E-state index contributed by atoms with van der Waals surface area (Å²) >= 11 is 0. The minimum Gasteiger partial charge on any atom is -0.404 e. The van der Waals surface area contributed by atoms with Crippen LogP contribution >= 0.6 is 0 Å². The first-order valence-corrected chi connectivity index (χ1v) is 16.7. The van der Waals surface area contributed by atoms with Crippen molar-refractivity contribution in [3.63, 3.8) is 0 Å². The van der Waals surface area contributed by atoms with E-state index in [2.05, 4.69) is 76.1 Å². The quantitative estimate of drug-likeness (QED) is 0.0564. The number of carbonyl (C=O) groups is 2. The Balaban J connectivity index is 0.00000576. The van der Waals surface area contributed by atoms with Crippen molar-refractivity contribution in [2.45, 2.75) is 124 Å². The van der Waals surface area contributed by atoms with Gasteiger partial charge in [-0.2, -0.15) is 0 Å². The van der Waals surface area contributed by atoms with Crippen molar-refractivity contribution in [1.82, 2.24) is 10.7 Å². The number of carbonyl (C=O) groups excluding carboxylic acids is 2. The van der Waals surface area contributed by atoms with Gasteiger partial charge >= 0.3 is 7.12 Å². The number of nitrogens with zero attached hydrogens (tertiary/aromatic N) is 2. The predicted octanol–water partition coefficient (Wildman–Crippen LogP) is 5.07. The Hall–Kier alpha value is -2.99. The lowest BCUT2D eigenvalue weighted by atomic mass is 9.43. The van der Waals surface area contributed by atoms with Gasteiger partial charge in [0, 0.05) is 25.3 Å². The number of aryl methyl sites for hydroxylation is 2. The largest absolute Gasteiger partial charge is 0.481 e. The molecule has 11 nitrogen and oxygen atoms in total. The summed E-state index contributed by atoms with van der Waals surface area (Å²) in [6.45, 7) is 13.3. The van der Waals surface area contributed by atoms with Gasteiger partial charge in [0.25, 0.3) is 5.96 Å². The molecule has 256 valence electrons. The second kappa shape index (κ2) is 15.7. The number of nitrogens with two attached hydrogens (primary N) is 1. The molecule has 5 rings (SSSR count). The Morgan fingerprint density at radius 1 is 1.17 bits per heavy atom. The number of hydrazine groups is 1. The molecule has 3 aliphatic carbocycles. The summed E-state index contributed by atoms with van der Waals surface area (Å²) in [7, 11) is -0.554. The van der Waals surface area contributed by atoms with Crippen molar-refractivity contribution in [3.05, 3.63) is 45.5 Å². The van der Waals surface area contributed by atoms with Gasteiger partial charge < -0.3 is 20.4 Å². The van der Waals surface area contributed by atoms with Crippen molar-refractivity contribution in [3.8, 4) is 0 Å². The number of ketones is 1. The average Bonchev–Trinajstić information content (AvgIpc) is 3.34. The first kappa shape index (κ1) is 37.5. The summed E-state index contributed by atoms with van der Waals surface area (Å²) in [5, 5.41) is 13.1. The zero-order valence-electron chi connectivity index (χ0n) is 27.8. The first-order valence-electron chi connectivity index (χ1n) is 16.7.